The third-order valence-electron chi connectivity index (χ3n) is 2.67. The lowest BCUT2D eigenvalue weighted by molar-refractivity contribution is -0.114. The highest BCUT2D eigenvalue weighted by atomic mass is 16.3. The molecule has 2 aromatic carbocycles. The van der Waals surface area contributed by atoms with Crippen molar-refractivity contribution in [3.05, 3.63) is 48.0 Å². The third-order valence-corrected chi connectivity index (χ3v) is 2.67. The molecular weight excluding hydrogens is 226 g/mol. The number of anilines is 1. The number of nitrogens with one attached hydrogen (secondary N) is 1. The van der Waals surface area contributed by atoms with Gasteiger partial charge in [-0.3, -0.25) is 4.79 Å². The van der Waals surface area contributed by atoms with E-state index in [1.165, 1.54) is 6.92 Å². The first-order valence-electron chi connectivity index (χ1n) is 5.74. The van der Waals surface area contributed by atoms with Crippen LogP contribution in [0.4, 0.5) is 5.69 Å². The quantitative estimate of drug-likeness (QED) is 0.847. The molecule has 2 N–H and O–H groups in total. The molecule has 0 radical (unpaired) electrons. The van der Waals surface area contributed by atoms with Crippen LogP contribution in [0.1, 0.15) is 12.5 Å². The van der Waals surface area contributed by atoms with E-state index in [9.17, 15) is 9.90 Å². The lowest BCUT2D eigenvalue weighted by atomic mass is 10.0. The highest BCUT2D eigenvalue weighted by molar-refractivity contribution is 5.89. The van der Waals surface area contributed by atoms with Crippen molar-refractivity contribution in [1.82, 2.24) is 0 Å². The molecule has 0 bridgehead atoms. The Balaban J connectivity index is 2.34. The van der Waals surface area contributed by atoms with Crippen LogP contribution in [0.3, 0.4) is 0 Å². The second-order valence-electron chi connectivity index (χ2n) is 4.28. The van der Waals surface area contributed by atoms with Crippen LogP contribution < -0.4 is 5.32 Å². The Morgan fingerprint density at radius 3 is 2.39 bits per heavy atom. The number of phenolic OH excluding ortho intramolecular Hbond substituents is 1. The minimum Gasteiger partial charge on any atom is -0.507 e. The fourth-order valence-corrected chi connectivity index (χ4v) is 1.82. The van der Waals surface area contributed by atoms with E-state index in [0.717, 1.165) is 22.4 Å². The molecule has 0 saturated heterocycles. The van der Waals surface area contributed by atoms with Crippen LogP contribution in [-0.4, -0.2) is 11.0 Å². The maximum absolute atomic E-state index is 10.9. The van der Waals surface area contributed by atoms with Gasteiger partial charge in [0.1, 0.15) is 5.75 Å². The average Bonchev–Trinajstić information content (AvgIpc) is 2.33. The van der Waals surface area contributed by atoms with Crippen LogP contribution in [-0.2, 0) is 4.79 Å². The van der Waals surface area contributed by atoms with Crippen LogP contribution in [0, 0.1) is 6.92 Å². The predicted molar refractivity (Wildman–Crippen MR) is 72.6 cm³/mol. The molecule has 3 nitrogen and oxygen atoms in total. The van der Waals surface area contributed by atoms with E-state index in [-0.39, 0.29) is 11.7 Å². The van der Waals surface area contributed by atoms with Crippen LogP contribution in [0.5, 0.6) is 5.75 Å². The molecule has 0 aromatic heterocycles. The number of benzene rings is 2. The zero-order valence-electron chi connectivity index (χ0n) is 10.4. The predicted octanol–water partition coefficient (Wildman–Crippen LogP) is 3.33. The van der Waals surface area contributed by atoms with Gasteiger partial charge in [0.15, 0.2) is 0 Å². The molecule has 1 amide bonds. The molecule has 0 heterocycles. The molecule has 18 heavy (non-hydrogen) atoms. The number of phenols is 1. The Morgan fingerprint density at radius 2 is 1.78 bits per heavy atom. The molecule has 0 aliphatic rings. The van der Waals surface area contributed by atoms with Crippen LogP contribution in [0.25, 0.3) is 11.1 Å². The number of rotatable bonds is 2. The Kier molecular flexibility index (Phi) is 3.33. The molecule has 2 rings (SSSR count). The fourth-order valence-electron chi connectivity index (χ4n) is 1.82. The second-order valence-corrected chi connectivity index (χ2v) is 4.28. The van der Waals surface area contributed by atoms with Gasteiger partial charge in [-0.25, -0.2) is 0 Å². The SMILES string of the molecule is CC(=O)Nc1ccc(-c2cc(C)ccc2O)cc1. The lowest BCUT2D eigenvalue weighted by Gasteiger charge is -2.07. The first kappa shape index (κ1) is 12.2. The average molecular weight is 241 g/mol. The Morgan fingerprint density at radius 1 is 1.11 bits per heavy atom. The van der Waals surface area contributed by atoms with Crippen molar-refractivity contribution in [2.24, 2.45) is 0 Å². The number of aryl methyl sites for hydroxylation is 1. The van der Waals surface area contributed by atoms with Gasteiger partial charge >= 0.3 is 0 Å². The number of hydrogen-bond donors (Lipinski definition) is 2. The fraction of sp³-hybridized carbons (Fsp3) is 0.133. The van der Waals surface area contributed by atoms with E-state index < -0.39 is 0 Å². The largest absolute Gasteiger partial charge is 0.507 e. The van der Waals surface area contributed by atoms with Gasteiger partial charge in [-0.2, -0.15) is 0 Å². The second kappa shape index (κ2) is 4.92. The summed E-state index contributed by atoms with van der Waals surface area (Å²) in [7, 11) is 0. The molecule has 0 aliphatic heterocycles. The summed E-state index contributed by atoms with van der Waals surface area (Å²) in [6, 6.07) is 12.9. The third kappa shape index (κ3) is 2.69. The first-order valence-corrected chi connectivity index (χ1v) is 5.74. The summed E-state index contributed by atoms with van der Waals surface area (Å²) in [6.07, 6.45) is 0. The number of aromatic hydroxyl groups is 1. The first-order chi connectivity index (χ1) is 8.56. The standard InChI is InChI=1S/C15H15NO2/c1-10-3-8-15(18)14(9-10)12-4-6-13(7-5-12)16-11(2)17/h3-9,18H,1-2H3,(H,16,17). The van der Waals surface area contributed by atoms with E-state index in [1.807, 2.05) is 43.3 Å². The van der Waals surface area contributed by atoms with E-state index in [4.69, 9.17) is 0 Å². The van der Waals surface area contributed by atoms with Crippen LogP contribution >= 0.6 is 0 Å². The van der Waals surface area contributed by atoms with Crippen molar-refractivity contribution in [2.75, 3.05) is 5.32 Å². The van der Waals surface area contributed by atoms with Gasteiger partial charge in [0, 0.05) is 18.2 Å². The normalized spacial score (nSPS) is 10.1. The molecule has 0 unspecified atom stereocenters. The Labute approximate surface area is 106 Å². The van der Waals surface area contributed by atoms with E-state index in [0.29, 0.717) is 0 Å². The van der Waals surface area contributed by atoms with Gasteiger partial charge in [0.2, 0.25) is 5.91 Å². The molecule has 0 saturated carbocycles. The molecule has 3 heteroatoms. The maximum atomic E-state index is 10.9. The summed E-state index contributed by atoms with van der Waals surface area (Å²) in [4.78, 5) is 10.9. The van der Waals surface area contributed by atoms with Gasteiger partial charge < -0.3 is 10.4 Å². The number of carbonyl (C=O) groups excluding carboxylic acids is 1. The van der Waals surface area contributed by atoms with Gasteiger partial charge in [0.05, 0.1) is 0 Å². The summed E-state index contributed by atoms with van der Waals surface area (Å²) in [6.45, 7) is 3.45. The highest BCUT2D eigenvalue weighted by Crippen LogP contribution is 2.30. The van der Waals surface area contributed by atoms with Crippen molar-refractivity contribution in [3.63, 3.8) is 0 Å². The number of hydrogen-bond acceptors (Lipinski definition) is 2. The topological polar surface area (TPSA) is 49.3 Å². The van der Waals surface area contributed by atoms with Gasteiger partial charge in [0.25, 0.3) is 0 Å². The van der Waals surface area contributed by atoms with E-state index >= 15 is 0 Å². The Bertz CT molecular complexity index is 574. The zero-order valence-corrected chi connectivity index (χ0v) is 10.4. The monoisotopic (exact) mass is 241 g/mol. The summed E-state index contributed by atoms with van der Waals surface area (Å²) in [5.74, 6) is 0.161. The molecule has 0 spiro atoms. The molecular formula is C15H15NO2. The Hall–Kier alpha value is -2.29. The van der Waals surface area contributed by atoms with Gasteiger partial charge in [-0.15, -0.1) is 0 Å². The summed E-state index contributed by atoms with van der Waals surface area (Å²) < 4.78 is 0. The van der Waals surface area contributed by atoms with Crippen molar-refractivity contribution < 1.29 is 9.90 Å². The highest BCUT2D eigenvalue weighted by Gasteiger charge is 2.04. The zero-order chi connectivity index (χ0) is 13.1. The summed E-state index contributed by atoms with van der Waals surface area (Å²) >= 11 is 0. The minimum atomic E-state index is -0.0962. The number of carbonyl (C=O) groups is 1. The smallest absolute Gasteiger partial charge is 0.221 e. The number of amides is 1. The van der Waals surface area contributed by atoms with Crippen LogP contribution in [0.15, 0.2) is 42.5 Å². The lowest BCUT2D eigenvalue weighted by Crippen LogP contribution is -2.05. The van der Waals surface area contributed by atoms with Crippen molar-refractivity contribution in [3.8, 4) is 16.9 Å². The van der Waals surface area contributed by atoms with Crippen LogP contribution in [0.2, 0.25) is 0 Å². The maximum Gasteiger partial charge on any atom is 0.221 e. The van der Waals surface area contributed by atoms with E-state index in [2.05, 4.69) is 5.32 Å². The summed E-state index contributed by atoms with van der Waals surface area (Å²) in [5, 5.41) is 12.5. The molecule has 0 aliphatic carbocycles. The molecule has 0 atom stereocenters. The van der Waals surface area contributed by atoms with E-state index in [1.54, 1.807) is 6.07 Å². The minimum absolute atomic E-state index is 0.0962. The van der Waals surface area contributed by atoms with Crippen molar-refractivity contribution >= 4 is 11.6 Å². The van der Waals surface area contributed by atoms with Gasteiger partial charge in [-0.1, -0.05) is 23.8 Å². The van der Waals surface area contributed by atoms with Crippen molar-refractivity contribution in [1.29, 1.82) is 0 Å². The summed E-state index contributed by atoms with van der Waals surface area (Å²) in [5.41, 5.74) is 3.56. The molecule has 92 valence electrons. The van der Waals surface area contributed by atoms with Crippen molar-refractivity contribution in [2.45, 2.75) is 13.8 Å². The van der Waals surface area contributed by atoms with Gasteiger partial charge in [-0.05, 0) is 36.8 Å². The molecule has 2 aromatic rings. The molecule has 0 fully saturated rings.